The van der Waals surface area contributed by atoms with E-state index in [1.807, 2.05) is 25.5 Å². The molecule has 0 aliphatic heterocycles. The summed E-state index contributed by atoms with van der Waals surface area (Å²) in [5.74, 6) is -0.884. The largest absolute Gasteiger partial charge is 0.493 e. The molecule has 1 N–H and O–H groups in total. The Morgan fingerprint density at radius 1 is 1.11 bits per heavy atom. The Bertz CT molecular complexity index is 1360. The Labute approximate surface area is 213 Å². The number of hydrogen-bond acceptors (Lipinski definition) is 7. The van der Waals surface area contributed by atoms with E-state index in [0.29, 0.717) is 35.7 Å². The minimum atomic E-state index is -4.23. The fourth-order valence-corrected chi connectivity index (χ4v) is 4.07. The number of hydrogen-bond donors (Lipinski definition) is 1. The number of carbonyl (C=O) groups excluding carboxylic acids is 1. The topological polar surface area (TPSA) is 107 Å². The number of aromatic nitrogens is 2. The van der Waals surface area contributed by atoms with Gasteiger partial charge >= 0.3 is 0 Å². The summed E-state index contributed by atoms with van der Waals surface area (Å²) < 4.78 is 53.3. The summed E-state index contributed by atoms with van der Waals surface area (Å²) in [4.78, 5) is 21.4. The molecule has 1 atom stereocenters. The molecule has 2 aromatic heterocycles. The van der Waals surface area contributed by atoms with Crippen LogP contribution in [0.1, 0.15) is 53.0 Å². The van der Waals surface area contributed by atoms with Gasteiger partial charge in [0.05, 0.1) is 18.4 Å². The standard InChI is InChI=1S/C26H30FN3O5S.2H2/c1-6-18(5)35-26-22(25(31)30-36(32,33)24-9-7-8-17(4)28-24)10-11-23(29-26)19-12-20(27)14-21(13-19)34-15-16(2)3;;/h7-14,16,18H,6,15H2,1-5H3,(H,30,31);2*1H/t18-;;/m1../s1. The fourth-order valence-electron chi connectivity index (χ4n) is 3.09. The fraction of sp³-hybridized carbons (Fsp3) is 0.346. The molecule has 8 nitrogen and oxygen atoms in total. The smallest absolute Gasteiger partial charge is 0.281 e. The summed E-state index contributed by atoms with van der Waals surface area (Å²) in [5.41, 5.74) is 1.17. The van der Waals surface area contributed by atoms with E-state index in [1.165, 1.54) is 36.4 Å². The van der Waals surface area contributed by atoms with E-state index < -0.39 is 21.7 Å². The van der Waals surface area contributed by atoms with Gasteiger partial charge in [-0.15, -0.1) is 0 Å². The minimum absolute atomic E-state index is 0. The summed E-state index contributed by atoms with van der Waals surface area (Å²) in [6, 6.07) is 11.6. The van der Waals surface area contributed by atoms with Gasteiger partial charge in [-0.1, -0.05) is 26.8 Å². The van der Waals surface area contributed by atoms with Crippen molar-refractivity contribution < 1.29 is 29.9 Å². The normalized spacial score (nSPS) is 12.3. The predicted octanol–water partition coefficient (Wildman–Crippen LogP) is 5.41. The van der Waals surface area contributed by atoms with Crippen LogP contribution in [0.5, 0.6) is 11.6 Å². The van der Waals surface area contributed by atoms with Crippen molar-refractivity contribution in [3.8, 4) is 22.9 Å². The Kier molecular flexibility index (Phi) is 8.62. The summed E-state index contributed by atoms with van der Waals surface area (Å²) >= 11 is 0. The molecule has 10 heteroatoms. The molecular weight excluding hydrogens is 485 g/mol. The zero-order valence-electron chi connectivity index (χ0n) is 20.9. The van der Waals surface area contributed by atoms with Gasteiger partial charge in [-0.05, 0) is 62.6 Å². The second-order valence-electron chi connectivity index (χ2n) is 8.82. The van der Waals surface area contributed by atoms with Gasteiger partial charge in [-0.3, -0.25) is 4.79 Å². The Balaban J connectivity index is 0.00000361. The first-order valence-electron chi connectivity index (χ1n) is 11.6. The SMILES string of the molecule is CC[C@@H](C)Oc1nc(-c2cc(F)cc(OCC(C)C)c2)ccc1C(=O)NS(=O)(=O)c1cccc(C)n1.[HH].[HH]. The van der Waals surface area contributed by atoms with Gasteiger partial charge in [0.25, 0.3) is 15.9 Å². The maximum absolute atomic E-state index is 14.3. The third-order valence-corrected chi connectivity index (χ3v) is 6.34. The molecule has 1 aromatic carbocycles. The molecule has 36 heavy (non-hydrogen) atoms. The second-order valence-corrected chi connectivity index (χ2v) is 10.4. The maximum Gasteiger partial charge on any atom is 0.281 e. The van der Waals surface area contributed by atoms with Crippen LogP contribution in [0, 0.1) is 18.7 Å². The summed E-state index contributed by atoms with van der Waals surface area (Å²) in [6.45, 7) is 9.73. The first kappa shape index (κ1) is 27.1. The number of nitrogens with zero attached hydrogens (tertiary/aromatic N) is 2. The highest BCUT2D eigenvalue weighted by Gasteiger charge is 2.24. The number of nitrogens with one attached hydrogen (secondary N) is 1. The van der Waals surface area contributed by atoms with Crippen LogP contribution < -0.4 is 14.2 Å². The van der Waals surface area contributed by atoms with Crippen molar-refractivity contribution in [1.82, 2.24) is 14.7 Å². The van der Waals surface area contributed by atoms with E-state index >= 15 is 0 Å². The molecule has 0 radical (unpaired) electrons. The number of rotatable bonds is 10. The molecule has 3 rings (SSSR count). The van der Waals surface area contributed by atoms with Crippen LogP contribution in [0.15, 0.2) is 53.6 Å². The van der Waals surface area contributed by atoms with Gasteiger partial charge in [0, 0.05) is 20.2 Å². The third-order valence-electron chi connectivity index (χ3n) is 5.11. The number of carbonyl (C=O) groups is 1. The average Bonchev–Trinajstić information content (AvgIpc) is 2.82. The van der Waals surface area contributed by atoms with Crippen LogP contribution >= 0.6 is 0 Å². The second kappa shape index (κ2) is 11.5. The van der Waals surface area contributed by atoms with Gasteiger partial charge in [0.2, 0.25) is 5.88 Å². The molecule has 0 fully saturated rings. The number of benzene rings is 1. The molecule has 0 aliphatic rings. The molecule has 3 aromatic rings. The van der Waals surface area contributed by atoms with Crippen molar-refractivity contribution in [1.29, 1.82) is 0 Å². The van der Waals surface area contributed by atoms with Crippen LogP contribution in [-0.2, 0) is 10.0 Å². The molecule has 196 valence electrons. The molecule has 0 saturated carbocycles. The third kappa shape index (κ3) is 7.00. The first-order valence-corrected chi connectivity index (χ1v) is 13.1. The van der Waals surface area contributed by atoms with Crippen molar-refractivity contribution >= 4 is 15.9 Å². The number of pyridine rings is 2. The Morgan fingerprint density at radius 2 is 1.86 bits per heavy atom. The monoisotopic (exact) mass is 519 g/mol. The highest BCUT2D eigenvalue weighted by atomic mass is 32.2. The van der Waals surface area contributed by atoms with E-state index in [0.717, 1.165) is 0 Å². The summed E-state index contributed by atoms with van der Waals surface area (Å²) in [7, 11) is -4.23. The highest BCUT2D eigenvalue weighted by molar-refractivity contribution is 7.90. The quantitative estimate of drug-likeness (QED) is 0.381. The lowest BCUT2D eigenvalue weighted by atomic mass is 10.1. The van der Waals surface area contributed by atoms with Crippen LogP contribution in [0.25, 0.3) is 11.3 Å². The van der Waals surface area contributed by atoms with Crippen LogP contribution in [0.2, 0.25) is 0 Å². The van der Waals surface area contributed by atoms with Crippen LogP contribution in [0.3, 0.4) is 0 Å². The minimum Gasteiger partial charge on any atom is -0.493 e. The van der Waals surface area contributed by atoms with E-state index in [2.05, 4.69) is 9.97 Å². The lowest BCUT2D eigenvalue weighted by molar-refractivity contribution is 0.0973. The lowest BCUT2D eigenvalue weighted by Gasteiger charge is -2.16. The van der Waals surface area contributed by atoms with Gasteiger partial charge < -0.3 is 9.47 Å². The number of ether oxygens (including phenoxy) is 2. The molecule has 1 amide bonds. The van der Waals surface area contributed by atoms with Crippen molar-refractivity contribution in [2.75, 3.05) is 6.61 Å². The maximum atomic E-state index is 14.3. The van der Waals surface area contributed by atoms with Gasteiger partial charge in [0.15, 0.2) is 5.03 Å². The van der Waals surface area contributed by atoms with E-state index in [9.17, 15) is 17.6 Å². The van der Waals surface area contributed by atoms with E-state index in [4.69, 9.17) is 9.47 Å². The number of halogens is 1. The lowest BCUT2D eigenvalue weighted by Crippen LogP contribution is -2.32. The molecule has 2 heterocycles. The van der Waals surface area contributed by atoms with Crippen molar-refractivity contribution in [2.45, 2.75) is 52.2 Å². The predicted molar refractivity (Wildman–Crippen MR) is 138 cm³/mol. The molecule has 0 aliphatic carbocycles. The number of amides is 1. The van der Waals surface area contributed by atoms with Gasteiger partial charge in [-0.2, -0.15) is 8.42 Å². The van der Waals surface area contributed by atoms with Crippen molar-refractivity contribution in [3.05, 3.63) is 65.6 Å². The Morgan fingerprint density at radius 3 is 2.53 bits per heavy atom. The molecule has 0 spiro atoms. The highest BCUT2D eigenvalue weighted by Crippen LogP contribution is 2.29. The van der Waals surface area contributed by atoms with E-state index in [-0.39, 0.29) is 31.3 Å². The molecule has 0 saturated heterocycles. The van der Waals surface area contributed by atoms with Crippen LogP contribution in [0.4, 0.5) is 4.39 Å². The van der Waals surface area contributed by atoms with Crippen LogP contribution in [-0.4, -0.2) is 37.0 Å². The van der Waals surface area contributed by atoms with E-state index in [1.54, 1.807) is 26.0 Å². The summed E-state index contributed by atoms with van der Waals surface area (Å²) in [6.07, 6.45) is 0.304. The molecular formula is C26H34FN3O5S. The first-order chi connectivity index (χ1) is 17.0. The van der Waals surface area contributed by atoms with Gasteiger partial charge in [0.1, 0.15) is 17.1 Å². The number of sulfonamides is 1. The Hall–Kier alpha value is -3.53. The zero-order chi connectivity index (χ0) is 26.5. The number of aryl methyl sites for hydroxylation is 1. The average molecular weight is 520 g/mol. The summed E-state index contributed by atoms with van der Waals surface area (Å²) in [5, 5.41) is -0.279. The molecule has 0 unspecified atom stereocenters. The zero-order valence-corrected chi connectivity index (χ0v) is 21.7. The van der Waals surface area contributed by atoms with Crippen molar-refractivity contribution in [2.24, 2.45) is 5.92 Å². The van der Waals surface area contributed by atoms with Crippen molar-refractivity contribution in [3.63, 3.8) is 0 Å². The molecule has 0 bridgehead atoms. The van der Waals surface area contributed by atoms with Gasteiger partial charge in [-0.25, -0.2) is 19.1 Å².